The zero-order chi connectivity index (χ0) is 12.8. The van der Waals surface area contributed by atoms with E-state index in [1.807, 2.05) is 18.2 Å². The number of amides is 1. The van der Waals surface area contributed by atoms with Crippen molar-refractivity contribution < 1.29 is 4.79 Å². The van der Waals surface area contributed by atoms with Gasteiger partial charge in [-0.1, -0.05) is 6.07 Å². The Kier molecular flexibility index (Phi) is 4.52. The van der Waals surface area contributed by atoms with E-state index >= 15 is 0 Å². The Morgan fingerprint density at radius 3 is 3.17 bits per heavy atom. The number of nitrogens with one attached hydrogen (secondary N) is 1. The Labute approximate surface area is 107 Å². The van der Waals surface area contributed by atoms with E-state index in [1.54, 1.807) is 6.20 Å². The molecule has 1 aliphatic rings. The number of rotatable bonds is 6. The molecule has 1 saturated heterocycles. The molecule has 0 radical (unpaired) electrons. The Balaban J connectivity index is 1.68. The second-order valence-electron chi connectivity index (χ2n) is 4.77. The van der Waals surface area contributed by atoms with E-state index in [1.165, 1.54) is 6.42 Å². The van der Waals surface area contributed by atoms with E-state index in [0.717, 1.165) is 32.0 Å². The molecule has 0 aliphatic carbocycles. The number of nitrogens with two attached hydrogens (primary N) is 1. The minimum Gasteiger partial charge on any atom is -0.370 e. The van der Waals surface area contributed by atoms with Crippen LogP contribution in [0.15, 0.2) is 24.4 Å². The van der Waals surface area contributed by atoms with E-state index in [0.29, 0.717) is 12.3 Å². The number of nitrogens with zero attached hydrogens (tertiary/aromatic N) is 2. The highest BCUT2D eigenvalue weighted by molar-refractivity contribution is 5.73. The highest BCUT2D eigenvalue weighted by Crippen LogP contribution is 2.16. The van der Waals surface area contributed by atoms with Crippen molar-refractivity contribution >= 4 is 11.7 Å². The molecule has 1 atom stereocenters. The van der Waals surface area contributed by atoms with Gasteiger partial charge in [-0.25, -0.2) is 4.98 Å². The molecular weight excluding hydrogens is 228 g/mol. The average molecular weight is 248 g/mol. The molecule has 0 bridgehead atoms. The predicted molar refractivity (Wildman–Crippen MR) is 71.1 cm³/mol. The predicted octanol–water partition coefficient (Wildman–Crippen LogP) is 0.691. The second-order valence-corrected chi connectivity index (χ2v) is 4.77. The highest BCUT2D eigenvalue weighted by Gasteiger charge is 2.22. The third kappa shape index (κ3) is 4.00. The van der Waals surface area contributed by atoms with E-state index in [9.17, 15) is 4.79 Å². The SMILES string of the molecule is NC(=O)CCN1CC[C@H](CNc2ccccn2)C1. The molecule has 0 aromatic carbocycles. The van der Waals surface area contributed by atoms with Crippen LogP contribution in [0.2, 0.25) is 0 Å². The van der Waals surface area contributed by atoms with E-state index in [4.69, 9.17) is 5.73 Å². The first kappa shape index (κ1) is 12.8. The van der Waals surface area contributed by atoms with Crippen LogP contribution in [0.1, 0.15) is 12.8 Å². The lowest BCUT2D eigenvalue weighted by Gasteiger charge is -2.15. The van der Waals surface area contributed by atoms with Gasteiger partial charge in [0.2, 0.25) is 5.91 Å². The Hall–Kier alpha value is -1.62. The fourth-order valence-corrected chi connectivity index (χ4v) is 2.27. The van der Waals surface area contributed by atoms with E-state index in [-0.39, 0.29) is 5.91 Å². The lowest BCUT2D eigenvalue weighted by molar-refractivity contribution is -0.118. The first-order valence-corrected chi connectivity index (χ1v) is 6.39. The monoisotopic (exact) mass is 248 g/mol. The summed E-state index contributed by atoms with van der Waals surface area (Å²) in [6.45, 7) is 3.81. The number of likely N-dealkylation sites (tertiary alicyclic amines) is 1. The largest absolute Gasteiger partial charge is 0.370 e. The summed E-state index contributed by atoms with van der Waals surface area (Å²) in [6, 6.07) is 5.86. The quantitative estimate of drug-likeness (QED) is 0.777. The van der Waals surface area contributed by atoms with Crippen LogP contribution in [0.3, 0.4) is 0 Å². The molecule has 18 heavy (non-hydrogen) atoms. The van der Waals surface area contributed by atoms with Crippen LogP contribution in [0, 0.1) is 5.92 Å². The van der Waals surface area contributed by atoms with Gasteiger partial charge in [-0.3, -0.25) is 4.79 Å². The van der Waals surface area contributed by atoms with Crippen LogP contribution < -0.4 is 11.1 Å². The van der Waals surface area contributed by atoms with Gasteiger partial charge in [-0.15, -0.1) is 0 Å². The topological polar surface area (TPSA) is 71.2 Å². The highest BCUT2D eigenvalue weighted by atomic mass is 16.1. The summed E-state index contributed by atoms with van der Waals surface area (Å²) >= 11 is 0. The maximum Gasteiger partial charge on any atom is 0.218 e. The fraction of sp³-hybridized carbons (Fsp3) is 0.538. The molecule has 1 amide bonds. The molecule has 1 aliphatic heterocycles. The molecule has 2 heterocycles. The van der Waals surface area contributed by atoms with Crippen molar-refractivity contribution in [1.82, 2.24) is 9.88 Å². The Morgan fingerprint density at radius 1 is 1.56 bits per heavy atom. The maximum absolute atomic E-state index is 10.7. The molecule has 5 nitrogen and oxygen atoms in total. The van der Waals surface area contributed by atoms with Crippen molar-refractivity contribution in [3.63, 3.8) is 0 Å². The number of carbonyl (C=O) groups excluding carboxylic acids is 1. The molecule has 0 unspecified atom stereocenters. The summed E-state index contributed by atoms with van der Waals surface area (Å²) in [5.74, 6) is 1.33. The van der Waals surface area contributed by atoms with Gasteiger partial charge >= 0.3 is 0 Å². The molecule has 1 aromatic rings. The number of primary amides is 1. The summed E-state index contributed by atoms with van der Waals surface area (Å²) in [5, 5.41) is 3.34. The number of hydrogen-bond donors (Lipinski definition) is 2. The molecule has 3 N–H and O–H groups in total. The molecular formula is C13H20N4O. The molecule has 5 heteroatoms. The zero-order valence-electron chi connectivity index (χ0n) is 10.5. The number of hydrogen-bond acceptors (Lipinski definition) is 4. The number of pyridine rings is 1. The van der Waals surface area contributed by atoms with Crippen LogP contribution in [-0.4, -0.2) is 42.0 Å². The van der Waals surface area contributed by atoms with Gasteiger partial charge in [0.15, 0.2) is 0 Å². The van der Waals surface area contributed by atoms with Gasteiger partial charge in [0, 0.05) is 32.3 Å². The smallest absolute Gasteiger partial charge is 0.218 e. The second kappa shape index (κ2) is 6.35. The van der Waals surface area contributed by atoms with Crippen molar-refractivity contribution in [1.29, 1.82) is 0 Å². The summed E-state index contributed by atoms with van der Waals surface area (Å²) in [4.78, 5) is 17.3. The van der Waals surface area contributed by atoms with Gasteiger partial charge < -0.3 is 16.0 Å². The maximum atomic E-state index is 10.7. The van der Waals surface area contributed by atoms with Crippen LogP contribution in [0.4, 0.5) is 5.82 Å². The van der Waals surface area contributed by atoms with Crippen LogP contribution in [0.25, 0.3) is 0 Å². The van der Waals surface area contributed by atoms with Gasteiger partial charge in [-0.2, -0.15) is 0 Å². The van der Waals surface area contributed by atoms with Gasteiger partial charge in [-0.05, 0) is 31.0 Å². The third-order valence-corrected chi connectivity index (χ3v) is 3.28. The standard InChI is InChI=1S/C13H20N4O/c14-12(18)5-8-17-7-4-11(10-17)9-16-13-3-1-2-6-15-13/h1-3,6,11H,4-5,7-10H2,(H2,14,18)(H,15,16)/t11-/m1/s1. The minimum absolute atomic E-state index is 0.218. The van der Waals surface area contributed by atoms with Crippen molar-refractivity contribution in [2.24, 2.45) is 11.7 Å². The lowest BCUT2D eigenvalue weighted by atomic mass is 10.1. The van der Waals surface area contributed by atoms with Crippen molar-refractivity contribution in [3.8, 4) is 0 Å². The van der Waals surface area contributed by atoms with E-state index < -0.39 is 0 Å². The van der Waals surface area contributed by atoms with Gasteiger partial charge in [0.1, 0.15) is 5.82 Å². The van der Waals surface area contributed by atoms with Crippen molar-refractivity contribution in [2.75, 3.05) is 31.5 Å². The van der Waals surface area contributed by atoms with Crippen LogP contribution in [0.5, 0.6) is 0 Å². The first-order valence-electron chi connectivity index (χ1n) is 6.39. The van der Waals surface area contributed by atoms with Crippen LogP contribution in [-0.2, 0) is 4.79 Å². The molecule has 98 valence electrons. The molecule has 1 aromatic heterocycles. The molecule has 2 rings (SSSR count). The number of anilines is 1. The third-order valence-electron chi connectivity index (χ3n) is 3.28. The molecule has 1 fully saturated rings. The Bertz CT molecular complexity index is 382. The number of aromatic nitrogens is 1. The van der Waals surface area contributed by atoms with Crippen molar-refractivity contribution in [3.05, 3.63) is 24.4 Å². The fourth-order valence-electron chi connectivity index (χ4n) is 2.27. The lowest BCUT2D eigenvalue weighted by Crippen LogP contribution is -2.27. The zero-order valence-corrected chi connectivity index (χ0v) is 10.5. The van der Waals surface area contributed by atoms with Crippen LogP contribution >= 0.6 is 0 Å². The minimum atomic E-state index is -0.218. The molecule has 0 saturated carbocycles. The Morgan fingerprint density at radius 2 is 2.44 bits per heavy atom. The van der Waals surface area contributed by atoms with Gasteiger partial charge in [0.25, 0.3) is 0 Å². The van der Waals surface area contributed by atoms with E-state index in [2.05, 4.69) is 15.2 Å². The normalized spacial score (nSPS) is 19.9. The molecule has 0 spiro atoms. The van der Waals surface area contributed by atoms with Crippen molar-refractivity contribution in [2.45, 2.75) is 12.8 Å². The number of carbonyl (C=O) groups is 1. The first-order chi connectivity index (χ1) is 8.74. The summed E-state index contributed by atoms with van der Waals surface area (Å²) in [7, 11) is 0. The summed E-state index contributed by atoms with van der Waals surface area (Å²) in [5.41, 5.74) is 5.15. The average Bonchev–Trinajstić information content (AvgIpc) is 2.83. The summed E-state index contributed by atoms with van der Waals surface area (Å²) in [6.07, 6.45) is 3.41. The van der Waals surface area contributed by atoms with Gasteiger partial charge in [0.05, 0.1) is 0 Å². The summed E-state index contributed by atoms with van der Waals surface area (Å²) < 4.78 is 0.